The molecule has 2 unspecified atom stereocenters. The Balaban J connectivity index is 1.73. The summed E-state index contributed by atoms with van der Waals surface area (Å²) in [6.45, 7) is 3.61. The Morgan fingerprint density at radius 1 is 1.11 bits per heavy atom. The summed E-state index contributed by atoms with van der Waals surface area (Å²) >= 11 is 0. The fourth-order valence-electron chi connectivity index (χ4n) is 3.93. The first-order valence-electron chi connectivity index (χ1n) is 9.86. The summed E-state index contributed by atoms with van der Waals surface area (Å²) in [5.74, 6) is 1.30. The zero-order valence-corrected chi connectivity index (χ0v) is 16.8. The van der Waals surface area contributed by atoms with Gasteiger partial charge in [0.15, 0.2) is 0 Å². The minimum Gasteiger partial charge on any atom is -0.497 e. The van der Waals surface area contributed by atoms with Crippen molar-refractivity contribution in [2.45, 2.75) is 18.9 Å². The van der Waals surface area contributed by atoms with Gasteiger partial charge < -0.3 is 14.8 Å². The summed E-state index contributed by atoms with van der Waals surface area (Å²) < 4.78 is 10.4. The Morgan fingerprint density at radius 2 is 1.93 bits per heavy atom. The van der Waals surface area contributed by atoms with Crippen LogP contribution in [0, 0.1) is 5.92 Å². The van der Waals surface area contributed by atoms with E-state index in [-0.39, 0.29) is 11.8 Å². The van der Waals surface area contributed by atoms with Crippen LogP contribution in [0.2, 0.25) is 0 Å². The first kappa shape index (κ1) is 20.4. The third-order valence-electron chi connectivity index (χ3n) is 5.31. The summed E-state index contributed by atoms with van der Waals surface area (Å²) in [5, 5.41) is 3.02. The van der Waals surface area contributed by atoms with Crippen LogP contribution in [0.5, 0.6) is 5.75 Å². The van der Waals surface area contributed by atoms with Crippen molar-refractivity contribution in [3.8, 4) is 5.75 Å². The summed E-state index contributed by atoms with van der Waals surface area (Å²) in [4.78, 5) is 15.1. The molecule has 1 N–H and O–H groups in total. The first-order valence-corrected chi connectivity index (χ1v) is 9.86. The Hall–Kier alpha value is -2.37. The fourth-order valence-corrected chi connectivity index (χ4v) is 3.93. The molecule has 2 aromatic rings. The number of amides is 1. The highest BCUT2D eigenvalue weighted by atomic mass is 16.5. The zero-order valence-electron chi connectivity index (χ0n) is 16.8. The van der Waals surface area contributed by atoms with Gasteiger partial charge in [-0.1, -0.05) is 42.5 Å². The second-order valence-electron chi connectivity index (χ2n) is 7.37. The van der Waals surface area contributed by atoms with Crippen molar-refractivity contribution in [2.75, 3.05) is 40.5 Å². The van der Waals surface area contributed by atoms with Crippen LogP contribution in [0.3, 0.4) is 0 Å². The van der Waals surface area contributed by atoms with E-state index in [2.05, 4.69) is 46.6 Å². The molecule has 1 fully saturated rings. The maximum atomic E-state index is 12.7. The summed E-state index contributed by atoms with van der Waals surface area (Å²) in [5.41, 5.74) is 2.50. The smallest absolute Gasteiger partial charge is 0.224 e. The summed E-state index contributed by atoms with van der Waals surface area (Å²) in [7, 11) is 3.33. The van der Waals surface area contributed by atoms with Crippen LogP contribution < -0.4 is 10.1 Å². The molecule has 5 heteroatoms. The molecule has 0 radical (unpaired) electrons. The molecule has 2 atom stereocenters. The second kappa shape index (κ2) is 10.2. The van der Waals surface area contributed by atoms with Gasteiger partial charge in [0.05, 0.1) is 19.6 Å². The molecule has 1 saturated heterocycles. The minimum atomic E-state index is -0.0265. The lowest BCUT2D eigenvalue weighted by molar-refractivity contribution is -0.127. The molecule has 28 heavy (non-hydrogen) atoms. The van der Waals surface area contributed by atoms with E-state index in [9.17, 15) is 4.79 Å². The van der Waals surface area contributed by atoms with Crippen molar-refractivity contribution >= 4 is 5.91 Å². The number of methoxy groups -OCH3 is 2. The zero-order chi connectivity index (χ0) is 19.8. The molecule has 0 bridgehead atoms. The van der Waals surface area contributed by atoms with Crippen LogP contribution in [0.25, 0.3) is 0 Å². The highest BCUT2D eigenvalue weighted by molar-refractivity contribution is 5.79. The first-order chi connectivity index (χ1) is 13.7. The average Bonchev–Trinajstić information content (AvgIpc) is 2.74. The van der Waals surface area contributed by atoms with Crippen LogP contribution >= 0.6 is 0 Å². The van der Waals surface area contributed by atoms with Crippen molar-refractivity contribution in [2.24, 2.45) is 5.92 Å². The molecular weight excluding hydrogens is 352 g/mol. The van der Waals surface area contributed by atoms with Crippen molar-refractivity contribution in [1.82, 2.24) is 10.2 Å². The highest BCUT2D eigenvalue weighted by Gasteiger charge is 2.32. The van der Waals surface area contributed by atoms with Gasteiger partial charge in [0.2, 0.25) is 5.91 Å². The molecular formula is C23H30N2O3. The Labute approximate surface area is 167 Å². The van der Waals surface area contributed by atoms with Gasteiger partial charge in [-0.2, -0.15) is 0 Å². The van der Waals surface area contributed by atoms with Gasteiger partial charge >= 0.3 is 0 Å². The van der Waals surface area contributed by atoms with Crippen molar-refractivity contribution < 1.29 is 14.3 Å². The number of hydrogen-bond donors (Lipinski definition) is 1. The fraction of sp³-hybridized carbons (Fsp3) is 0.435. The molecule has 0 aromatic heterocycles. The summed E-state index contributed by atoms with van der Waals surface area (Å²) in [6, 6.07) is 18.7. The molecule has 1 aliphatic rings. The lowest BCUT2D eigenvalue weighted by Crippen LogP contribution is -2.45. The Bertz CT molecular complexity index is 751. The van der Waals surface area contributed by atoms with E-state index in [1.165, 1.54) is 11.1 Å². The number of nitrogens with one attached hydrogen (secondary N) is 1. The Kier molecular flexibility index (Phi) is 7.46. The van der Waals surface area contributed by atoms with E-state index in [0.29, 0.717) is 19.1 Å². The van der Waals surface area contributed by atoms with E-state index in [0.717, 1.165) is 31.8 Å². The lowest BCUT2D eigenvalue weighted by atomic mass is 9.84. The standard InChI is InChI=1S/C23H30N2O3/c1-27-12-11-24-23(26)21-14-20(19-8-4-3-5-9-19)16-25(17-21)15-18-7-6-10-22(13-18)28-2/h3-10,13,20-21H,11-12,14-17H2,1-2H3,(H,24,26). The van der Waals surface area contributed by atoms with Gasteiger partial charge in [0, 0.05) is 33.3 Å². The molecule has 0 saturated carbocycles. The monoisotopic (exact) mass is 382 g/mol. The van der Waals surface area contributed by atoms with E-state index >= 15 is 0 Å². The maximum Gasteiger partial charge on any atom is 0.224 e. The number of benzene rings is 2. The van der Waals surface area contributed by atoms with Gasteiger partial charge in [0.1, 0.15) is 5.75 Å². The van der Waals surface area contributed by atoms with Crippen LogP contribution in [0.4, 0.5) is 0 Å². The maximum absolute atomic E-state index is 12.7. The molecule has 1 heterocycles. The number of rotatable bonds is 8. The van der Waals surface area contributed by atoms with Crippen LogP contribution in [0.15, 0.2) is 54.6 Å². The third-order valence-corrected chi connectivity index (χ3v) is 5.31. The number of ether oxygens (including phenoxy) is 2. The molecule has 3 rings (SSSR count). The number of hydrogen-bond acceptors (Lipinski definition) is 4. The van der Waals surface area contributed by atoms with E-state index in [4.69, 9.17) is 9.47 Å². The Morgan fingerprint density at radius 3 is 2.68 bits per heavy atom. The van der Waals surface area contributed by atoms with Crippen molar-refractivity contribution in [1.29, 1.82) is 0 Å². The number of carbonyl (C=O) groups excluding carboxylic acids is 1. The number of carbonyl (C=O) groups is 1. The normalized spacial score (nSPS) is 19.9. The van der Waals surface area contributed by atoms with Gasteiger partial charge in [0.25, 0.3) is 0 Å². The molecule has 1 aliphatic heterocycles. The largest absolute Gasteiger partial charge is 0.497 e. The summed E-state index contributed by atoms with van der Waals surface area (Å²) in [6.07, 6.45) is 0.872. The highest BCUT2D eigenvalue weighted by Crippen LogP contribution is 2.31. The number of nitrogens with zero attached hydrogens (tertiary/aromatic N) is 1. The van der Waals surface area contributed by atoms with Gasteiger partial charge in [-0.3, -0.25) is 9.69 Å². The van der Waals surface area contributed by atoms with E-state index < -0.39 is 0 Å². The SMILES string of the molecule is COCCNC(=O)C1CC(c2ccccc2)CN(Cc2cccc(OC)c2)C1. The average molecular weight is 383 g/mol. The molecule has 2 aromatic carbocycles. The molecule has 0 aliphatic carbocycles. The van der Waals surface area contributed by atoms with Gasteiger partial charge in [-0.15, -0.1) is 0 Å². The van der Waals surface area contributed by atoms with Crippen molar-refractivity contribution in [3.63, 3.8) is 0 Å². The predicted molar refractivity (Wildman–Crippen MR) is 110 cm³/mol. The molecule has 0 spiro atoms. The third kappa shape index (κ3) is 5.57. The lowest BCUT2D eigenvalue weighted by Gasteiger charge is -2.37. The van der Waals surface area contributed by atoms with E-state index in [1.54, 1.807) is 14.2 Å². The second-order valence-corrected chi connectivity index (χ2v) is 7.37. The van der Waals surface area contributed by atoms with Gasteiger partial charge in [-0.25, -0.2) is 0 Å². The molecule has 150 valence electrons. The molecule has 1 amide bonds. The van der Waals surface area contributed by atoms with Crippen LogP contribution in [0.1, 0.15) is 23.5 Å². The number of likely N-dealkylation sites (tertiary alicyclic amines) is 1. The van der Waals surface area contributed by atoms with Crippen LogP contribution in [-0.4, -0.2) is 51.3 Å². The quantitative estimate of drug-likeness (QED) is 0.713. The topological polar surface area (TPSA) is 50.8 Å². The number of piperidine rings is 1. The van der Waals surface area contributed by atoms with Gasteiger partial charge in [-0.05, 0) is 35.6 Å². The molecule has 5 nitrogen and oxygen atoms in total. The predicted octanol–water partition coefficient (Wildman–Crippen LogP) is 3.06. The van der Waals surface area contributed by atoms with Crippen molar-refractivity contribution in [3.05, 3.63) is 65.7 Å². The van der Waals surface area contributed by atoms with Crippen LogP contribution in [-0.2, 0) is 16.1 Å². The van der Waals surface area contributed by atoms with E-state index in [1.807, 2.05) is 18.2 Å². The minimum absolute atomic E-state index is 0.0265.